The van der Waals surface area contributed by atoms with Crippen LogP contribution in [0.5, 0.6) is 5.75 Å². The number of ether oxygens (including phenoxy) is 1. The first-order valence-corrected chi connectivity index (χ1v) is 7.74. The van der Waals surface area contributed by atoms with Crippen LogP contribution in [0.4, 0.5) is 0 Å². The van der Waals surface area contributed by atoms with Crippen LogP contribution >= 0.6 is 0 Å². The predicted octanol–water partition coefficient (Wildman–Crippen LogP) is 1.70. The number of amides is 1. The van der Waals surface area contributed by atoms with Gasteiger partial charge in [0.2, 0.25) is 5.91 Å². The van der Waals surface area contributed by atoms with Gasteiger partial charge in [-0.1, -0.05) is 24.3 Å². The van der Waals surface area contributed by atoms with Crippen LogP contribution in [-0.4, -0.2) is 29.1 Å². The van der Waals surface area contributed by atoms with Crippen LogP contribution in [0.3, 0.4) is 0 Å². The first kappa shape index (κ1) is 15.9. The number of hydrogen-bond donors (Lipinski definition) is 2. The van der Waals surface area contributed by atoms with E-state index in [2.05, 4.69) is 10.3 Å². The Balaban J connectivity index is 1.59. The highest BCUT2D eigenvalue weighted by Crippen LogP contribution is 2.12. The van der Waals surface area contributed by atoms with Crippen LogP contribution in [0.25, 0.3) is 11.0 Å². The van der Waals surface area contributed by atoms with Gasteiger partial charge in [0.1, 0.15) is 12.3 Å². The summed E-state index contributed by atoms with van der Waals surface area (Å²) < 4.78 is 6.62. The number of aromatic nitrogens is 2. The molecule has 3 aromatic rings. The lowest BCUT2D eigenvalue weighted by atomic mass is 10.1. The molecule has 6 heteroatoms. The van der Waals surface area contributed by atoms with Gasteiger partial charge in [0.25, 0.3) is 0 Å². The summed E-state index contributed by atoms with van der Waals surface area (Å²) in [6.45, 7) is 0.504. The second-order valence-electron chi connectivity index (χ2n) is 5.48. The number of nitrogens with one attached hydrogen (secondary N) is 2. The number of carbonyl (C=O) groups excluding carboxylic acids is 1. The van der Waals surface area contributed by atoms with E-state index >= 15 is 0 Å². The van der Waals surface area contributed by atoms with Crippen molar-refractivity contribution in [2.24, 2.45) is 0 Å². The normalized spacial score (nSPS) is 10.7. The summed E-state index contributed by atoms with van der Waals surface area (Å²) >= 11 is 0. The summed E-state index contributed by atoms with van der Waals surface area (Å²) in [5, 5.41) is 2.85. The molecule has 0 saturated heterocycles. The van der Waals surface area contributed by atoms with E-state index < -0.39 is 0 Å². The van der Waals surface area contributed by atoms with Gasteiger partial charge < -0.3 is 15.0 Å². The van der Waals surface area contributed by atoms with E-state index in [1.807, 2.05) is 48.5 Å². The van der Waals surface area contributed by atoms with E-state index in [1.165, 1.54) is 4.57 Å². The minimum absolute atomic E-state index is 0.000950. The molecule has 1 heterocycles. The van der Waals surface area contributed by atoms with E-state index in [-0.39, 0.29) is 18.1 Å². The largest absolute Gasteiger partial charge is 0.497 e. The maximum absolute atomic E-state index is 12.1. The van der Waals surface area contributed by atoms with E-state index in [0.29, 0.717) is 13.0 Å². The molecule has 0 aliphatic heterocycles. The van der Waals surface area contributed by atoms with Crippen LogP contribution in [-0.2, 0) is 17.8 Å². The number of hydrogen-bond acceptors (Lipinski definition) is 3. The van der Waals surface area contributed by atoms with Gasteiger partial charge in [0.15, 0.2) is 0 Å². The van der Waals surface area contributed by atoms with Crippen molar-refractivity contribution in [3.05, 3.63) is 64.6 Å². The molecule has 0 spiro atoms. The Labute approximate surface area is 139 Å². The van der Waals surface area contributed by atoms with Crippen LogP contribution < -0.4 is 15.7 Å². The van der Waals surface area contributed by atoms with Crippen LogP contribution in [0, 0.1) is 0 Å². The maximum Gasteiger partial charge on any atom is 0.326 e. The summed E-state index contributed by atoms with van der Waals surface area (Å²) in [7, 11) is 1.62. The minimum atomic E-state index is -0.279. The Hall–Kier alpha value is -3.02. The quantitative estimate of drug-likeness (QED) is 0.724. The summed E-state index contributed by atoms with van der Waals surface area (Å²) in [6.07, 6.45) is 0.700. The monoisotopic (exact) mass is 325 g/mol. The number of para-hydroxylation sites is 2. The molecule has 3 rings (SSSR count). The molecule has 0 aliphatic carbocycles. The van der Waals surface area contributed by atoms with Gasteiger partial charge >= 0.3 is 5.69 Å². The molecule has 0 unspecified atom stereocenters. The molecule has 24 heavy (non-hydrogen) atoms. The van der Waals surface area contributed by atoms with Crippen molar-refractivity contribution in [3.8, 4) is 5.75 Å². The number of benzene rings is 2. The lowest BCUT2D eigenvalue weighted by Gasteiger charge is -2.07. The first-order chi connectivity index (χ1) is 11.7. The molecule has 0 atom stereocenters. The average Bonchev–Trinajstić information content (AvgIpc) is 2.91. The van der Waals surface area contributed by atoms with E-state index in [4.69, 9.17) is 4.74 Å². The Bertz CT molecular complexity index is 911. The van der Waals surface area contributed by atoms with Crippen molar-refractivity contribution >= 4 is 16.9 Å². The highest BCUT2D eigenvalue weighted by atomic mass is 16.5. The Kier molecular flexibility index (Phi) is 4.65. The number of methoxy groups -OCH3 is 1. The van der Waals surface area contributed by atoms with Crippen molar-refractivity contribution in [1.82, 2.24) is 14.9 Å². The standard InChI is InChI=1S/C18H19N3O3/c1-24-14-6-4-5-13(11-14)9-10-19-17(22)12-21-16-8-3-2-7-15(16)20-18(21)23/h2-8,11H,9-10,12H2,1H3,(H,19,22)(H,20,23). The molecule has 0 bridgehead atoms. The van der Waals surface area contributed by atoms with Crippen LogP contribution in [0.1, 0.15) is 5.56 Å². The lowest BCUT2D eigenvalue weighted by molar-refractivity contribution is -0.121. The highest BCUT2D eigenvalue weighted by molar-refractivity contribution is 5.80. The van der Waals surface area contributed by atoms with Crippen molar-refractivity contribution < 1.29 is 9.53 Å². The number of rotatable bonds is 6. The molecule has 1 aromatic heterocycles. The molecular weight excluding hydrogens is 306 g/mol. The number of carbonyl (C=O) groups is 1. The molecule has 0 aliphatic rings. The average molecular weight is 325 g/mol. The SMILES string of the molecule is COc1cccc(CCNC(=O)Cn2c(=O)[nH]c3ccccc32)c1. The second-order valence-corrected chi connectivity index (χ2v) is 5.48. The third kappa shape index (κ3) is 3.48. The Morgan fingerprint density at radius 1 is 1.21 bits per heavy atom. The molecular formula is C18H19N3O3. The minimum Gasteiger partial charge on any atom is -0.497 e. The third-order valence-electron chi connectivity index (χ3n) is 3.85. The van der Waals surface area contributed by atoms with Crippen LogP contribution in [0.15, 0.2) is 53.3 Å². The maximum atomic E-state index is 12.1. The summed E-state index contributed by atoms with van der Waals surface area (Å²) in [5.74, 6) is 0.605. The molecule has 0 saturated carbocycles. The molecule has 6 nitrogen and oxygen atoms in total. The third-order valence-corrected chi connectivity index (χ3v) is 3.85. The van der Waals surface area contributed by atoms with Gasteiger partial charge in [-0.25, -0.2) is 4.79 Å². The number of H-pyrrole nitrogens is 1. The number of fused-ring (bicyclic) bond motifs is 1. The summed E-state index contributed by atoms with van der Waals surface area (Å²) in [6, 6.07) is 15.0. The smallest absolute Gasteiger partial charge is 0.326 e. The zero-order chi connectivity index (χ0) is 16.9. The second kappa shape index (κ2) is 7.04. The predicted molar refractivity (Wildman–Crippen MR) is 92.3 cm³/mol. The topological polar surface area (TPSA) is 76.1 Å². The van der Waals surface area contributed by atoms with Gasteiger partial charge in [-0.05, 0) is 36.2 Å². The van der Waals surface area contributed by atoms with E-state index in [9.17, 15) is 9.59 Å². The van der Waals surface area contributed by atoms with Crippen molar-refractivity contribution in [2.75, 3.05) is 13.7 Å². The fourth-order valence-corrected chi connectivity index (χ4v) is 2.64. The fraction of sp³-hybridized carbons (Fsp3) is 0.222. The van der Waals surface area contributed by atoms with Gasteiger partial charge in [0.05, 0.1) is 18.1 Å². The number of aromatic amines is 1. The molecule has 2 aromatic carbocycles. The van der Waals surface area contributed by atoms with Crippen molar-refractivity contribution in [2.45, 2.75) is 13.0 Å². The van der Waals surface area contributed by atoms with Crippen molar-refractivity contribution in [3.63, 3.8) is 0 Å². The summed E-state index contributed by atoms with van der Waals surface area (Å²) in [5.41, 5.74) is 2.26. The number of imidazole rings is 1. The zero-order valence-corrected chi connectivity index (χ0v) is 13.4. The highest BCUT2D eigenvalue weighted by Gasteiger charge is 2.09. The van der Waals surface area contributed by atoms with Gasteiger partial charge in [-0.3, -0.25) is 9.36 Å². The van der Waals surface area contributed by atoms with Gasteiger partial charge in [-0.2, -0.15) is 0 Å². The molecule has 2 N–H and O–H groups in total. The van der Waals surface area contributed by atoms with Gasteiger partial charge in [0, 0.05) is 6.54 Å². The molecule has 0 fully saturated rings. The zero-order valence-electron chi connectivity index (χ0n) is 13.4. The van der Waals surface area contributed by atoms with E-state index in [1.54, 1.807) is 7.11 Å². The number of nitrogens with zero attached hydrogens (tertiary/aromatic N) is 1. The molecule has 0 radical (unpaired) electrons. The molecule has 124 valence electrons. The van der Waals surface area contributed by atoms with E-state index in [0.717, 1.165) is 22.3 Å². The Morgan fingerprint density at radius 2 is 2.04 bits per heavy atom. The first-order valence-electron chi connectivity index (χ1n) is 7.74. The van der Waals surface area contributed by atoms with Crippen molar-refractivity contribution in [1.29, 1.82) is 0 Å². The summed E-state index contributed by atoms with van der Waals surface area (Å²) in [4.78, 5) is 26.8. The Morgan fingerprint density at radius 3 is 2.88 bits per heavy atom. The lowest BCUT2D eigenvalue weighted by Crippen LogP contribution is -2.32. The molecule has 1 amide bonds. The van der Waals surface area contributed by atoms with Gasteiger partial charge in [-0.15, -0.1) is 0 Å². The van der Waals surface area contributed by atoms with Crippen LogP contribution in [0.2, 0.25) is 0 Å². The fourth-order valence-electron chi connectivity index (χ4n) is 2.64.